The van der Waals surface area contributed by atoms with Gasteiger partial charge in [-0.3, -0.25) is 58.2 Å². The van der Waals surface area contributed by atoms with Crippen molar-refractivity contribution in [3.63, 3.8) is 0 Å². The molecule has 81 heavy (non-hydrogen) atoms. The fraction of sp³-hybridized carbons (Fsp3) is 0.526. The molecule has 24 heteroatoms. The normalized spacial score (nSPS) is 15.1. The minimum atomic E-state index is -1.12. The number of allylic oxidation sites excluding steroid dienone is 1. The van der Waals surface area contributed by atoms with Crippen LogP contribution < -0.4 is 37.0 Å². The Kier molecular flexibility index (Phi) is 27.2. The van der Waals surface area contributed by atoms with E-state index in [0.29, 0.717) is 55.5 Å². The Morgan fingerprint density at radius 1 is 0.852 bits per heavy atom. The van der Waals surface area contributed by atoms with Crippen LogP contribution in [0.1, 0.15) is 93.9 Å². The zero-order chi connectivity index (χ0) is 58.7. The molecule has 0 saturated carbocycles. The van der Waals surface area contributed by atoms with Crippen LogP contribution in [0.2, 0.25) is 0 Å². The van der Waals surface area contributed by atoms with Gasteiger partial charge >= 0.3 is 0 Å². The Balaban J connectivity index is 1.00. The average molecular weight is 1130 g/mol. The Labute approximate surface area is 471 Å². The Morgan fingerprint density at radius 3 is 2.26 bits per heavy atom. The standard InChI is InChI=1S/C57H78FN9O14/c1-4-6-14-40(35-68)57(78)65(5-2)33-41-34-66(37-69)47-30-44(58)38(3)43-17-18-45(54(41)55(43)47)62-36-81-64-51(74)32-61-56(77)46(29-39-12-8-7-9-13-39)63-50(73)31-60-48(71)16-11-10-15-42(70)22-25-79-27-28-80-26-23-59-49(72)21-24-67-52(75)19-20-53(67)76/h7-9,12-14,19-20,30,45-46,62,68-69H,4-6,10-11,15-18,21-29,31-37H2,1-3H3,(H,59,72)(H,60,71)(H,61,77)(H,63,73)(H,64,74)/b40-14+/t45-,46?/m0/s1. The van der Waals surface area contributed by atoms with Crippen LogP contribution in [0.4, 0.5) is 10.1 Å². The van der Waals surface area contributed by atoms with Gasteiger partial charge in [0.15, 0.2) is 0 Å². The van der Waals surface area contributed by atoms with Gasteiger partial charge in [-0.05, 0) is 79.9 Å². The van der Waals surface area contributed by atoms with E-state index in [9.17, 15) is 53.4 Å². The smallest absolute Gasteiger partial charge is 0.262 e. The molecule has 1 aliphatic carbocycles. The molecular weight excluding hydrogens is 1050 g/mol. The fourth-order valence-electron chi connectivity index (χ4n) is 9.46. The minimum absolute atomic E-state index is 0.00282. The molecule has 8 N–H and O–H groups in total. The molecule has 2 aromatic rings. The van der Waals surface area contributed by atoms with Crippen LogP contribution >= 0.6 is 0 Å². The van der Waals surface area contributed by atoms with Crippen LogP contribution in [-0.2, 0) is 70.3 Å². The van der Waals surface area contributed by atoms with Crippen LogP contribution in [0, 0.1) is 12.7 Å². The summed E-state index contributed by atoms with van der Waals surface area (Å²) in [6, 6.07) is 8.82. The van der Waals surface area contributed by atoms with E-state index in [0.717, 1.165) is 51.3 Å². The number of aliphatic hydroxyl groups is 2. The van der Waals surface area contributed by atoms with Crippen molar-refractivity contribution in [1.82, 2.24) is 41.9 Å². The predicted octanol–water partition coefficient (Wildman–Crippen LogP) is 1.08. The summed E-state index contributed by atoms with van der Waals surface area (Å²) in [7, 11) is 0. The molecule has 5 rings (SSSR count). The van der Waals surface area contributed by atoms with Crippen molar-refractivity contribution in [2.24, 2.45) is 0 Å². The van der Waals surface area contributed by atoms with E-state index < -0.39 is 73.7 Å². The zero-order valence-corrected chi connectivity index (χ0v) is 46.5. The van der Waals surface area contributed by atoms with Gasteiger partial charge in [0.05, 0.1) is 46.1 Å². The van der Waals surface area contributed by atoms with Crippen LogP contribution in [0.3, 0.4) is 0 Å². The highest BCUT2D eigenvalue weighted by Gasteiger charge is 2.37. The van der Waals surface area contributed by atoms with E-state index in [1.54, 1.807) is 53.1 Å². The highest BCUT2D eigenvalue weighted by molar-refractivity contribution is 6.13. The van der Waals surface area contributed by atoms with Crippen molar-refractivity contribution < 1.29 is 72.1 Å². The maximum atomic E-state index is 15.3. The summed E-state index contributed by atoms with van der Waals surface area (Å²) < 4.78 is 26.2. The van der Waals surface area contributed by atoms with Crippen LogP contribution in [0.15, 0.2) is 65.8 Å². The van der Waals surface area contributed by atoms with Crippen LogP contribution in [0.25, 0.3) is 5.57 Å². The quantitative estimate of drug-likeness (QED) is 0.0154. The summed E-state index contributed by atoms with van der Waals surface area (Å²) in [5.41, 5.74) is 7.54. The van der Waals surface area contributed by atoms with Gasteiger partial charge in [0, 0.05) is 99.8 Å². The monoisotopic (exact) mass is 1130 g/mol. The van der Waals surface area contributed by atoms with Gasteiger partial charge in [-0.1, -0.05) is 49.8 Å². The lowest BCUT2D eigenvalue weighted by atomic mass is 9.76. The van der Waals surface area contributed by atoms with Gasteiger partial charge < -0.3 is 50.8 Å². The van der Waals surface area contributed by atoms with Gasteiger partial charge in [0.1, 0.15) is 31.1 Å². The number of carbonyl (C=O) groups excluding carboxylic acids is 9. The van der Waals surface area contributed by atoms with Gasteiger partial charge in [0.25, 0.3) is 23.6 Å². The van der Waals surface area contributed by atoms with Crippen molar-refractivity contribution in [3.8, 4) is 0 Å². The molecule has 2 aromatic carbocycles. The first-order chi connectivity index (χ1) is 39.1. The molecule has 8 amide bonds. The van der Waals surface area contributed by atoms with Crippen molar-refractivity contribution in [1.29, 1.82) is 0 Å². The third-order valence-electron chi connectivity index (χ3n) is 13.8. The predicted molar refractivity (Wildman–Crippen MR) is 295 cm³/mol. The number of benzene rings is 2. The van der Waals surface area contributed by atoms with E-state index in [2.05, 4.69) is 32.1 Å². The summed E-state index contributed by atoms with van der Waals surface area (Å²) in [5, 5.41) is 34.2. The number of unbranched alkanes of at least 4 members (excludes halogenated alkanes) is 2. The largest absolute Gasteiger partial charge is 0.391 e. The number of nitrogens with zero attached hydrogens (tertiary/aromatic N) is 3. The average Bonchev–Trinajstić information content (AvgIpc) is 3.11. The fourth-order valence-corrected chi connectivity index (χ4v) is 9.46. The maximum Gasteiger partial charge on any atom is 0.262 e. The summed E-state index contributed by atoms with van der Waals surface area (Å²) in [6.07, 6.45) is 7.88. The molecule has 2 atom stereocenters. The second-order valence-electron chi connectivity index (χ2n) is 19.6. The number of anilines is 1. The zero-order valence-electron chi connectivity index (χ0n) is 46.5. The first kappa shape index (κ1) is 64.6. The van der Waals surface area contributed by atoms with Gasteiger partial charge in [0.2, 0.25) is 23.6 Å². The van der Waals surface area contributed by atoms with Crippen LogP contribution in [0.5, 0.6) is 0 Å². The third-order valence-corrected chi connectivity index (χ3v) is 13.8. The molecule has 23 nitrogen and oxygen atoms in total. The number of hydrogen-bond donors (Lipinski definition) is 8. The molecule has 1 unspecified atom stereocenters. The summed E-state index contributed by atoms with van der Waals surface area (Å²) >= 11 is 0. The lowest BCUT2D eigenvalue weighted by Gasteiger charge is -2.41. The number of aliphatic hydroxyl groups excluding tert-OH is 2. The summed E-state index contributed by atoms with van der Waals surface area (Å²) in [5.74, 6) is -4.38. The number of amides is 8. The first-order valence-electron chi connectivity index (χ1n) is 27.6. The summed E-state index contributed by atoms with van der Waals surface area (Å²) in [6.45, 7) is 5.45. The molecule has 0 aromatic heterocycles. The number of halogens is 1. The second-order valence-corrected chi connectivity index (χ2v) is 19.6. The molecule has 2 heterocycles. The highest BCUT2D eigenvalue weighted by atomic mass is 19.1. The van der Waals surface area contributed by atoms with E-state index >= 15 is 4.39 Å². The molecule has 0 radical (unpaired) electrons. The van der Waals surface area contributed by atoms with Crippen LogP contribution in [-0.4, -0.2) is 177 Å². The van der Waals surface area contributed by atoms with Gasteiger partial charge in [-0.2, -0.15) is 0 Å². The Bertz CT molecular complexity index is 2610. The number of ether oxygens (including phenoxy) is 2. The molecule has 0 fully saturated rings. The summed E-state index contributed by atoms with van der Waals surface area (Å²) in [4.78, 5) is 123. The number of imide groups is 1. The van der Waals surface area contributed by atoms with E-state index in [1.165, 1.54) is 6.07 Å². The first-order valence-corrected chi connectivity index (χ1v) is 27.6. The molecule has 2 aliphatic heterocycles. The minimum Gasteiger partial charge on any atom is -0.391 e. The Morgan fingerprint density at radius 2 is 1.56 bits per heavy atom. The second kappa shape index (κ2) is 34.2. The molecular formula is C57H78FN9O14. The number of ketones is 1. The van der Waals surface area contributed by atoms with Crippen molar-refractivity contribution >= 4 is 64.3 Å². The molecule has 0 bridgehead atoms. The molecule has 0 saturated heterocycles. The molecule has 0 spiro atoms. The number of hydrogen-bond acceptors (Lipinski definition) is 16. The number of carbonyl (C=O) groups is 9. The lowest BCUT2D eigenvalue weighted by molar-refractivity contribution is -0.137. The number of rotatable bonds is 37. The SMILES string of the molecule is CCC/C=C(\CO)C(=O)N(CC)CC1=C2c3c(cc(F)c(C)c3CC[C@@H]2NCONC(=O)CNC(=O)C(Cc2ccccc2)NC(=O)CNC(=O)CCCCC(=O)CCOCCOCCNC(=O)CCN2C(=O)C=CC2=O)N(CO)C1. The van der Waals surface area contributed by atoms with E-state index in [-0.39, 0.29) is 115 Å². The number of nitrogens with one attached hydrogen (secondary N) is 6. The third kappa shape index (κ3) is 20.4. The van der Waals surface area contributed by atoms with Gasteiger partial charge in [-0.25, -0.2) is 9.87 Å². The number of Topliss-reactive ketones (excluding diaryl/α,β-unsaturated/α-hetero) is 1. The molecule has 442 valence electrons. The number of likely N-dealkylation sites (N-methyl/N-ethyl adjacent to an activating group) is 1. The van der Waals surface area contributed by atoms with E-state index in [1.807, 2.05) is 13.8 Å². The highest BCUT2D eigenvalue weighted by Crippen LogP contribution is 2.45. The Hall–Kier alpha value is -7.22. The van der Waals surface area contributed by atoms with E-state index in [4.69, 9.17) is 14.3 Å². The van der Waals surface area contributed by atoms with Crippen molar-refractivity contribution in [2.45, 2.75) is 103 Å². The van der Waals surface area contributed by atoms with Gasteiger partial charge in [-0.15, -0.1) is 0 Å². The molecule has 3 aliphatic rings. The number of hydroxylamine groups is 1. The van der Waals surface area contributed by atoms with Crippen molar-refractivity contribution in [3.05, 3.63) is 93.8 Å². The lowest BCUT2D eigenvalue weighted by Crippen LogP contribution is -2.52. The van der Waals surface area contributed by atoms with Crippen molar-refractivity contribution in [2.75, 3.05) is 97.2 Å². The topological polar surface area (TPSA) is 304 Å². The maximum absolute atomic E-state index is 15.3.